The van der Waals surface area contributed by atoms with Gasteiger partial charge in [-0.1, -0.05) is 17.7 Å². The largest absolute Gasteiger partial charge is 0.394 e. The average Bonchev–Trinajstić information content (AvgIpc) is 2.39. The van der Waals surface area contributed by atoms with Crippen LogP contribution in [0, 0.1) is 11.3 Å². The van der Waals surface area contributed by atoms with Crippen LogP contribution in [0.2, 0.25) is 5.02 Å². The third-order valence-corrected chi connectivity index (χ3v) is 3.44. The van der Waals surface area contributed by atoms with Crippen molar-refractivity contribution in [3.8, 4) is 6.07 Å². The second kappa shape index (κ2) is 5.57. The second-order valence-corrected chi connectivity index (χ2v) is 4.79. The van der Waals surface area contributed by atoms with Crippen LogP contribution >= 0.6 is 11.6 Å². The Kier molecular flexibility index (Phi) is 4.07. The maximum Gasteiger partial charge on any atom is 0.103 e. The molecule has 2 atom stereocenters. The SMILES string of the molecule is CC1COC(CO)CN1c1cccc(Cl)c1C#N. The number of aliphatic hydroxyl groups is 1. The number of ether oxygens (including phenoxy) is 1. The Bertz CT molecular complexity index is 473. The lowest BCUT2D eigenvalue weighted by Crippen LogP contribution is -2.49. The van der Waals surface area contributed by atoms with Gasteiger partial charge in [0.2, 0.25) is 0 Å². The Hall–Kier alpha value is -1.28. The highest BCUT2D eigenvalue weighted by molar-refractivity contribution is 6.32. The Morgan fingerprint density at radius 3 is 3.06 bits per heavy atom. The number of morpholine rings is 1. The molecule has 1 fully saturated rings. The predicted octanol–water partition coefficient (Wildman–Crippen LogP) is 1.80. The van der Waals surface area contributed by atoms with Crippen molar-refractivity contribution in [2.24, 2.45) is 0 Å². The van der Waals surface area contributed by atoms with Crippen LogP contribution in [0.1, 0.15) is 12.5 Å². The highest BCUT2D eigenvalue weighted by Gasteiger charge is 2.27. The summed E-state index contributed by atoms with van der Waals surface area (Å²) in [4.78, 5) is 2.06. The predicted molar refractivity (Wildman–Crippen MR) is 69.8 cm³/mol. The minimum absolute atomic E-state index is 0.0222. The highest BCUT2D eigenvalue weighted by Crippen LogP contribution is 2.29. The molecule has 1 heterocycles. The lowest BCUT2D eigenvalue weighted by atomic mass is 10.1. The summed E-state index contributed by atoms with van der Waals surface area (Å²) in [5.41, 5.74) is 1.28. The summed E-state index contributed by atoms with van der Waals surface area (Å²) in [6, 6.07) is 7.70. The Labute approximate surface area is 111 Å². The van der Waals surface area contributed by atoms with Crippen LogP contribution in [0.5, 0.6) is 0 Å². The van der Waals surface area contributed by atoms with Gasteiger partial charge in [-0.15, -0.1) is 0 Å². The Morgan fingerprint density at radius 1 is 1.61 bits per heavy atom. The fraction of sp³-hybridized carbons (Fsp3) is 0.462. The molecule has 1 aliphatic heterocycles. The van der Waals surface area contributed by atoms with Gasteiger partial charge in [0.25, 0.3) is 0 Å². The number of halogens is 1. The van der Waals surface area contributed by atoms with Gasteiger partial charge in [0, 0.05) is 12.6 Å². The zero-order chi connectivity index (χ0) is 13.1. The number of nitrogens with zero attached hydrogens (tertiary/aromatic N) is 2. The molecule has 0 aliphatic carbocycles. The summed E-state index contributed by atoms with van der Waals surface area (Å²) in [5, 5.41) is 18.8. The van der Waals surface area contributed by atoms with E-state index in [1.807, 2.05) is 19.1 Å². The van der Waals surface area contributed by atoms with E-state index in [0.717, 1.165) is 5.69 Å². The molecule has 1 aliphatic rings. The van der Waals surface area contributed by atoms with Gasteiger partial charge in [0.15, 0.2) is 0 Å². The van der Waals surface area contributed by atoms with Gasteiger partial charge in [-0.25, -0.2) is 0 Å². The number of hydrogen-bond donors (Lipinski definition) is 1. The first-order valence-electron chi connectivity index (χ1n) is 5.85. The fourth-order valence-electron chi connectivity index (χ4n) is 2.13. The van der Waals surface area contributed by atoms with Crippen molar-refractivity contribution in [2.75, 3.05) is 24.7 Å². The van der Waals surface area contributed by atoms with Crippen LogP contribution in [0.3, 0.4) is 0 Å². The first-order valence-corrected chi connectivity index (χ1v) is 6.23. The van der Waals surface area contributed by atoms with Crippen LogP contribution < -0.4 is 4.90 Å². The molecular weight excluding hydrogens is 252 g/mol. The lowest BCUT2D eigenvalue weighted by molar-refractivity contribution is -0.0103. The molecule has 96 valence electrons. The van der Waals surface area contributed by atoms with E-state index < -0.39 is 0 Å². The molecule has 1 aromatic carbocycles. The summed E-state index contributed by atoms with van der Waals surface area (Å²) in [7, 11) is 0. The average molecular weight is 267 g/mol. The normalized spacial score (nSPS) is 23.8. The van der Waals surface area contributed by atoms with Crippen molar-refractivity contribution in [3.63, 3.8) is 0 Å². The summed E-state index contributed by atoms with van der Waals surface area (Å²) in [6.45, 7) is 3.09. The van der Waals surface area contributed by atoms with E-state index in [0.29, 0.717) is 23.7 Å². The molecule has 1 aromatic rings. The Morgan fingerprint density at radius 2 is 2.39 bits per heavy atom. The quantitative estimate of drug-likeness (QED) is 0.887. The van der Waals surface area contributed by atoms with Gasteiger partial charge < -0.3 is 14.7 Å². The van der Waals surface area contributed by atoms with Crippen LogP contribution in [0.4, 0.5) is 5.69 Å². The number of aliphatic hydroxyl groups excluding tert-OH is 1. The van der Waals surface area contributed by atoms with Gasteiger partial charge >= 0.3 is 0 Å². The first kappa shape index (κ1) is 13.2. The number of anilines is 1. The molecule has 4 nitrogen and oxygen atoms in total. The standard InChI is InChI=1S/C13H15ClN2O2/c1-9-8-18-10(7-17)6-16(9)13-4-2-3-12(14)11(13)5-15/h2-4,9-10,17H,6-8H2,1H3. The van der Waals surface area contributed by atoms with Gasteiger partial charge in [0.1, 0.15) is 6.07 Å². The smallest absolute Gasteiger partial charge is 0.103 e. The minimum atomic E-state index is -0.216. The van der Waals surface area contributed by atoms with Crippen molar-refractivity contribution in [2.45, 2.75) is 19.1 Å². The second-order valence-electron chi connectivity index (χ2n) is 4.39. The lowest BCUT2D eigenvalue weighted by Gasteiger charge is -2.39. The van der Waals surface area contributed by atoms with Gasteiger partial charge in [-0.3, -0.25) is 0 Å². The molecule has 1 saturated heterocycles. The molecule has 0 amide bonds. The van der Waals surface area contributed by atoms with E-state index in [1.54, 1.807) is 6.07 Å². The molecule has 5 heteroatoms. The van der Waals surface area contributed by atoms with Crippen molar-refractivity contribution in [3.05, 3.63) is 28.8 Å². The monoisotopic (exact) mass is 266 g/mol. The van der Waals surface area contributed by atoms with Crippen LogP contribution in [-0.4, -0.2) is 37.0 Å². The van der Waals surface area contributed by atoms with Gasteiger partial charge in [-0.05, 0) is 19.1 Å². The number of nitriles is 1. The molecular formula is C13H15ClN2O2. The van der Waals surface area contributed by atoms with Crippen molar-refractivity contribution < 1.29 is 9.84 Å². The third kappa shape index (κ3) is 2.44. The molecule has 0 saturated carbocycles. The summed E-state index contributed by atoms with van der Waals surface area (Å²) < 4.78 is 5.49. The maximum absolute atomic E-state index is 9.20. The summed E-state index contributed by atoms with van der Waals surface area (Å²) in [5.74, 6) is 0. The van der Waals surface area contributed by atoms with E-state index in [9.17, 15) is 10.4 Å². The molecule has 2 rings (SSSR count). The molecule has 2 unspecified atom stereocenters. The van der Waals surface area contributed by atoms with Crippen molar-refractivity contribution in [1.82, 2.24) is 0 Å². The van der Waals surface area contributed by atoms with Crippen LogP contribution in [0.15, 0.2) is 18.2 Å². The van der Waals surface area contributed by atoms with E-state index in [4.69, 9.17) is 16.3 Å². The number of rotatable bonds is 2. The first-order chi connectivity index (χ1) is 8.67. The van der Waals surface area contributed by atoms with Crippen LogP contribution in [-0.2, 0) is 4.74 Å². The van der Waals surface area contributed by atoms with E-state index in [1.165, 1.54) is 0 Å². The molecule has 0 bridgehead atoms. The van der Waals surface area contributed by atoms with E-state index in [-0.39, 0.29) is 18.8 Å². The number of benzene rings is 1. The van der Waals surface area contributed by atoms with E-state index >= 15 is 0 Å². The van der Waals surface area contributed by atoms with Gasteiger partial charge in [0.05, 0.1) is 35.6 Å². The topological polar surface area (TPSA) is 56.5 Å². The van der Waals surface area contributed by atoms with Gasteiger partial charge in [-0.2, -0.15) is 5.26 Å². The molecule has 18 heavy (non-hydrogen) atoms. The minimum Gasteiger partial charge on any atom is -0.394 e. The molecule has 0 aromatic heterocycles. The van der Waals surface area contributed by atoms with E-state index in [2.05, 4.69) is 11.0 Å². The van der Waals surface area contributed by atoms with Crippen molar-refractivity contribution in [1.29, 1.82) is 5.26 Å². The zero-order valence-corrected chi connectivity index (χ0v) is 10.9. The summed E-state index contributed by atoms with van der Waals surface area (Å²) in [6.07, 6.45) is -0.216. The Balaban J connectivity index is 2.35. The van der Waals surface area contributed by atoms with Crippen LogP contribution in [0.25, 0.3) is 0 Å². The fourth-order valence-corrected chi connectivity index (χ4v) is 2.34. The number of hydrogen-bond acceptors (Lipinski definition) is 4. The zero-order valence-electron chi connectivity index (χ0n) is 10.1. The maximum atomic E-state index is 9.20. The highest BCUT2D eigenvalue weighted by atomic mass is 35.5. The van der Waals surface area contributed by atoms with Crippen molar-refractivity contribution >= 4 is 17.3 Å². The molecule has 0 radical (unpaired) electrons. The third-order valence-electron chi connectivity index (χ3n) is 3.12. The molecule has 0 spiro atoms. The summed E-state index contributed by atoms with van der Waals surface area (Å²) >= 11 is 6.04. The molecule has 1 N–H and O–H groups in total.